The van der Waals surface area contributed by atoms with Crippen molar-refractivity contribution in [3.63, 3.8) is 0 Å². The van der Waals surface area contributed by atoms with E-state index in [9.17, 15) is 23.9 Å². The number of benzene rings is 1. The predicted octanol–water partition coefficient (Wildman–Crippen LogP) is 1.80. The monoisotopic (exact) mass is 350 g/mol. The Bertz CT molecular complexity index is 633. The van der Waals surface area contributed by atoms with Gasteiger partial charge in [-0.15, -0.1) is 6.58 Å². The number of carbonyl (C=O) groups is 3. The number of rotatable bonds is 10. The maximum Gasteiger partial charge on any atom is 0.326 e. The van der Waals surface area contributed by atoms with Gasteiger partial charge < -0.3 is 15.7 Å². The molecule has 0 radical (unpaired) electrons. The number of allylic oxidation sites excluding steroid dienone is 1. The van der Waals surface area contributed by atoms with E-state index in [1.54, 1.807) is 12.1 Å². The first kappa shape index (κ1) is 20.3. The van der Waals surface area contributed by atoms with E-state index < -0.39 is 35.7 Å². The maximum absolute atomic E-state index is 13.3. The maximum atomic E-state index is 13.3. The van der Waals surface area contributed by atoms with Gasteiger partial charge in [0, 0.05) is 13.3 Å². The Labute approximate surface area is 146 Å². The summed E-state index contributed by atoms with van der Waals surface area (Å²) in [4.78, 5) is 35.1. The number of halogens is 1. The van der Waals surface area contributed by atoms with Gasteiger partial charge in [-0.1, -0.05) is 18.2 Å². The van der Waals surface area contributed by atoms with Crippen LogP contribution < -0.4 is 10.6 Å². The first-order valence-corrected chi connectivity index (χ1v) is 7.99. The van der Waals surface area contributed by atoms with Crippen LogP contribution in [-0.4, -0.2) is 35.0 Å². The van der Waals surface area contributed by atoms with Crippen molar-refractivity contribution in [2.45, 2.75) is 44.7 Å². The number of carboxylic acids is 1. The van der Waals surface area contributed by atoms with Crippen LogP contribution in [0, 0.1) is 5.82 Å². The Morgan fingerprint density at radius 1 is 1.28 bits per heavy atom. The van der Waals surface area contributed by atoms with E-state index in [1.807, 2.05) is 0 Å². The number of unbranched alkanes of at least 4 members (excludes halogenated alkanes) is 1. The standard InChI is InChI=1S/C18H23FN2O4/c1-3-4-5-9-15(18(24)25)21-17(23)16(20-12(2)22)11-13-7-6-8-14(19)10-13/h3,6-8,10,15-16H,1,4-5,9,11H2,2H3,(H,20,22)(H,21,23)(H,24,25)/t15-,16-/m0/s1. The molecule has 1 aromatic rings. The fourth-order valence-electron chi connectivity index (χ4n) is 2.35. The summed E-state index contributed by atoms with van der Waals surface area (Å²) in [7, 11) is 0. The van der Waals surface area contributed by atoms with Crippen molar-refractivity contribution in [3.8, 4) is 0 Å². The topological polar surface area (TPSA) is 95.5 Å². The number of aliphatic carboxylic acids is 1. The van der Waals surface area contributed by atoms with Crippen molar-refractivity contribution in [2.75, 3.05) is 0 Å². The van der Waals surface area contributed by atoms with Crippen molar-refractivity contribution in [1.82, 2.24) is 10.6 Å². The van der Waals surface area contributed by atoms with Crippen molar-refractivity contribution >= 4 is 17.8 Å². The lowest BCUT2D eigenvalue weighted by Crippen LogP contribution is -2.52. The number of hydrogen-bond acceptors (Lipinski definition) is 3. The second kappa shape index (κ2) is 10.2. The number of carbonyl (C=O) groups excluding carboxylic acids is 2. The van der Waals surface area contributed by atoms with Crippen LogP contribution in [0.4, 0.5) is 4.39 Å². The molecule has 0 aliphatic heterocycles. The Balaban J connectivity index is 2.81. The third-order valence-electron chi connectivity index (χ3n) is 3.54. The molecule has 7 heteroatoms. The number of amides is 2. The zero-order valence-corrected chi connectivity index (χ0v) is 14.1. The van der Waals surface area contributed by atoms with Crippen molar-refractivity contribution in [3.05, 3.63) is 48.3 Å². The van der Waals surface area contributed by atoms with Crippen molar-refractivity contribution in [2.24, 2.45) is 0 Å². The summed E-state index contributed by atoms with van der Waals surface area (Å²) in [6.45, 7) is 4.82. The van der Waals surface area contributed by atoms with Crippen molar-refractivity contribution in [1.29, 1.82) is 0 Å². The van der Waals surface area contributed by atoms with Gasteiger partial charge >= 0.3 is 5.97 Å². The lowest BCUT2D eigenvalue weighted by Gasteiger charge is -2.21. The minimum absolute atomic E-state index is 0.0577. The van der Waals surface area contributed by atoms with Crippen LogP contribution >= 0.6 is 0 Å². The summed E-state index contributed by atoms with van der Waals surface area (Å²) < 4.78 is 13.3. The Morgan fingerprint density at radius 3 is 2.56 bits per heavy atom. The molecule has 0 heterocycles. The molecular weight excluding hydrogens is 327 g/mol. The molecule has 0 aromatic heterocycles. The molecule has 2 amide bonds. The van der Waals surface area contributed by atoms with Crippen LogP contribution in [0.3, 0.4) is 0 Å². The Hall–Kier alpha value is -2.70. The molecule has 3 N–H and O–H groups in total. The van der Waals surface area contributed by atoms with Gasteiger partial charge in [-0.3, -0.25) is 9.59 Å². The van der Waals surface area contributed by atoms with Gasteiger partial charge in [-0.25, -0.2) is 9.18 Å². The van der Waals surface area contributed by atoms with E-state index in [-0.39, 0.29) is 12.8 Å². The summed E-state index contributed by atoms with van der Waals surface area (Å²) in [6, 6.07) is 3.63. The molecule has 1 aromatic carbocycles. The third-order valence-corrected chi connectivity index (χ3v) is 3.54. The van der Waals surface area contributed by atoms with E-state index in [1.165, 1.54) is 25.1 Å². The summed E-state index contributed by atoms with van der Waals surface area (Å²) in [6.07, 6.45) is 3.18. The van der Waals surface area contributed by atoms with Crippen LogP contribution in [0.15, 0.2) is 36.9 Å². The molecule has 0 aliphatic carbocycles. The fraction of sp³-hybridized carbons (Fsp3) is 0.389. The van der Waals surface area contributed by atoms with Gasteiger partial charge in [0.25, 0.3) is 0 Å². The lowest BCUT2D eigenvalue weighted by molar-refractivity contribution is -0.142. The molecule has 0 saturated carbocycles. The van der Waals surface area contributed by atoms with Crippen LogP contribution in [0.5, 0.6) is 0 Å². The van der Waals surface area contributed by atoms with Gasteiger partial charge in [-0.05, 0) is 37.0 Å². The molecular formula is C18H23FN2O4. The molecule has 1 rings (SSSR count). The minimum Gasteiger partial charge on any atom is -0.480 e. The quantitative estimate of drug-likeness (QED) is 0.443. The highest BCUT2D eigenvalue weighted by Crippen LogP contribution is 2.08. The lowest BCUT2D eigenvalue weighted by atomic mass is 10.0. The number of hydrogen-bond donors (Lipinski definition) is 3. The first-order valence-electron chi connectivity index (χ1n) is 7.99. The van der Waals surface area contributed by atoms with Crippen molar-refractivity contribution < 1.29 is 23.9 Å². The molecule has 2 atom stereocenters. The molecule has 0 saturated heterocycles. The number of carboxylic acid groups (broad SMARTS) is 1. The van der Waals surface area contributed by atoms with E-state index in [4.69, 9.17) is 0 Å². The van der Waals surface area contributed by atoms with Gasteiger partial charge in [0.15, 0.2) is 0 Å². The Morgan fingerprint density at radius 2 is 2.00 bits per heavy atom. The minimum atomic E-state index is -1.15. The molecule has 0 fully saturated rings. The van der Waals surface area contributed by atoms with Crippen LogP contribution in [0.2, 0.25) is 0 Å². The number of nitrogens with one attached hydrogen (secondary N) is 2. The summed E-state index contributed by atoms with van der Waals surface area (Å²) >= 11 is 0. The van der Waals surface area contributed by atoms with Crippen LogP contribution in [0.1, 0.15) is 31.7 Å². The zero-order chi connectivity index (χ0) is 18.8. The molecule has 25 heavy (non-hydrogen) atoms. The summed E-state index contributed by atoms with van der Waals surface area (Å²) in [5, 5.41) is 14.1. The van der Waals surface area contributed by atoms with Gasteiger partial charge in [-0.2, -0.15) is 0 Å². The van der Waals surface area contributed by atoms with Gasteiger partial charge in [0.05, 0.1) is 0 Å². The average molecular weight is 350 g/mol. The fourth-order valence-corrected chi connectivity index (χ4v) is 2.35. The highest BCUT2D eigenvalue weighted by molar-refractivity contribution is 5.90. The molecule has 0 spiro atoms. The van der Waals surface area contributed by atoms with E-state index in [0.29, 0.717) is 18.4 Å². The molecule has 0 aliphatic rings. The molecule has 0 unspecified atom stereocenters. The molecule has 6 nitrogen and oxygen atoms in total. The van der Waals surface area contributed by atoms with Gasteiger partial charge in [0.1, 0.15) is 17.9 Å². The molecule has 136 valence electrons. The smallest absolute Gasteiger partial charge is 0.326 e. The summed E-state index contributed by atoms with van der Waals surface area (Å²) in [5.74, 6) is -2.65. The Kier molecular flexibility index (Phi) is 8.32. The first-order chi connectivity index (χ1) is 11.8. The highest BCUT2D eigenvalue weighted by Gasteiger charge is 2.25. The summed E-state index contributed by atoms with van der Waals surface area (Å²) in [5.41, 5.74) is 0.521. The van der Waals surface area contributed by atoms with E-state index in [0.717, 1.165) is 0 Å². The highest BCUT2D eigenvalue weighted by atomic mass is 19.1. The largest absolute Gasteiger partial charge is 0.480 e. The predicted molar refractivity (Wildman–Crippen MR) is 91.3 cm³/mol. The third kappa shape index (κ3) is 7.60. The zero-order valence-electron chi connectivity index (χ0n) is 14.1. The van der Waals surface area contributed by atoms with Crippen LogP contribution in [-0.2, 0) is 20.8 Å². The van der Waals surface area contributed by atoms with Crippen LogP contribution in [0.25, 0.3) is 0 Å². The molecule has 0 bridgehead atoms. The van der Waals surface area contributed by atoms with E-state index >= 15 is 0 Å². The second-order valence-electron chi connectivity index (χ2n) is 5.71. The SMILES string of the molecule is C=CCCC[C@H](NC(=O)[C@H](Cc1cccc(F)c1)NC(C)=O)C(=O)O. The van der Waals surface area contributed by atoms with Gasteiger partial charge in [0.2, 0.25) is 11.8 Å². The normalized spacial score (nSPS) is 12.7. The second-order valence-corrected chi connectivity index (χ2v) is 5.71. The average Bonchev–Trinajstić information content (AvgIpc) is 2.52. The van der Waals surface area contributed by atoms with E-state index in [2.05, 4.69) is 17.2 Å².